The van der Waals surface area contributed by atoms with Crippen LogP contribution in [-0.2, 0) is 9.88 Å². The zero-order valence-corrected chi connectivity index (χ0v) is 12.0. The van der Waals surface area contributed by atoms with Crippen molar-refractivity contribution in [1.82, 2.24) is 30.9 Å². The van der Waals surface area contributed by atoms with Crippen LogP contribution in [0.1, 0.15) is 0 Å². The fourth-order valence-corrected chi connectivity index (χ4v) is 2.35. The van der Waals surface area contributed by atoms with Crippen molar-refractivity contribution >= 4 is 0 Å². The molecule has 0 bridgehead atoms. The van der Waals surface area contributed by atoms with E-state index in [2.05, 4.69) is 40.9 Å². The molecule has 1 aliphatic carbocycles. The van der Waals surface area contributed by atoms with Gasteiger partial charge in [0.05, 0.1) is 12.1 Å². The lowest BCUT2D eigenvalue weighted by molar-refractivity contribution is -0.217. The summed E-state index contributed by atoms with van der Waals surface area (Å²) in [5, 5.41) is 28.8. The summed E-state index contributed by atoms with van der Waals surface area (Å²) in [6.07, 6.45) is 0. The van der Waals surface area contributed by atoms with Crippen LogP contribution in [0.15, 0.2) is 9.26 Å². The number of hydrogen-bond acceptors (Lipinski definition) is 14. The Bertz CT molecular complexity index is 514. The van der Waals surface area contributed by atoms with Crippen LogP contribution in [0.4, 0.5) is 0 Å². The van der Waals surface area contributed by atoms with Gasteiger partial charge in [-0.15, -0.1) is 11.2 Å². The molecule has 18 nitrogen and oxygen atoms in total. The molecule has 3 rings (SSSR count). The van der Waals surface area contributed by atoms with E-state index in [0.717, 1.165) is 9.93 Å². The summed E-state index contributed by atoms with van der Waals surface area (Å²) in [6.45, 7) is 0. The van der Waals surface area contributed by atoms with Crippen LogP contribution in [0.5, 0.6) is 0 Å². The molecule has 2 aromatic rings. The Balaban J connectivity index is 1.72. The van der Waals surface area contributed by atoms with Gasteiger partial charge in [0, 0.05) is 34.1 Å². The Kier molecular flexibility index (Phi) is 4.55. The second-order valence-corrected chi connectivity index (χ2v) is 5.18. The number of nitrogens with two attached hydrogens (primary N) is 4. The Morgan fingerprint density at radius 3 is 1.42 bits per heavy atom. The Labute approximate surface area is 132 Å². The number of aromatic nitrogens is 4. The summed E-state index contributed by atoms with van der Waals surface area (Å²) < 4.78 is 8.85. The van der Waals surface area contributed by atoms with Crippen molar-refractivity contribution in [3.8, 4) is 0 Å². The molecule has 1 fully saturated rings. The quantitative estimate of drug-likeness (QED) is 0.207. The van der Waals surface area contributed by atoms with Gasteiger partial charge in [0.25, 0.3) is 0 Å². The fraction of sp³-hybridized carbons (Fsp3) is 1.00. The molecule has 24 heavy (non-hydrogen) atoms. The first-order valence-corrected chi connectivity index (χ1v) is 6.66. The Hall–Kier alpha value is -2.00. The largest absolute Gasteiger partial charge is 0.760 e. The maximum atomic E-state index is 12.2. The van der Waals surface area contributed by atoms with Crippen LogP contribution < -0.4 is 34.1 Å². The monoisotopic (exact) mass is 354 g/mol. The molecule has 0 aromatic carbocycles. The highest BCUT2D eigenvalue weighted by molar-refractivity contribution is 5.11. The minimum atomic E-state index is -1.33. The van der Waals surface area contributed by atoms with Gasteiger partial charge < -0.3 is 33.3 Å². The number of rotatable bonds is 8. The number of nitrogens with zero attached hydrogens (tertiary/aromatic N) is 4. The molecule has 0 radical (unpaired) electrons. The van der Waals surface area contributed by atoms with E-state index in [4.69, 9.17) is 22.9 Å². The average Bonchev–Trinajstić information content (AvgIpc) is 3.45. The maximum absolute atomic E-state index is 12.2. The first-order chi connectivity index (χ1) is 11.4. The van der Waals surface area contributed by atoms with Crippen molar-refractivity contribution in [2.45, 2.75) is 36.3 Å². The first-order valence-electron chi connectivity index (χ1n) is 6.66. The van der Waals surface area contributed by atoms with Crippen LogP contribution in [0.3, 0.4) is 0 Å². The van der Waals surface area contributed by atoms with E-state index in [0.29, 0.717) is 0 Å². The second-order valence-electron chi connectivity index (χ2n) is 5.18. The molecule has 12 N–H and O–H groups in total. The zero-order chi connectivity index (χ0) is 17.4. The van der Waals surface area contributed by atoms with Gasteiger partial charge in [-0.1, -0.05) is 10.5 Å². The number of aromatic amines is 2. The highest BCUT2D eigenvalue weighted by Gasteiger charge is 2.48. The molecule has 0 amide bonds. The third-order valence-corrected chi connectivity index (χ3v) is 3.75. The molecule has 6 atom stereocenters. The molecule has 1 saturated carbocycles. The van der Waals surface area contributed by atoms with Crippen LogP contribution in [-0.4, -0.2) is 67.2 Å². The predicted octanol–water partition coefficient (Wildman–Crippen LogP) is -4.73. The highest BCUT2D eigenvalue weighted by Crippen LogP contribution is 2.25. The molecule has 2 aromatic heterocycles. The van der Waals surface area contributed by atoms with Crippen LogP contribution in [0.25, 0.3) is 0 Å². The summed E-state index contributed by atoms with van der Waals surface area (Å²) in [6, 6.07) is -6.49. The minimum absolute atomic E-state index is 0.0186. The molecule has 0 aliphatic heterocycles. The fourth-order valence-electron chi connectivity index (χ4n) is 2.35. The van der Waals surface area contributed by atoms with Crippen LogP contribution in [0, 0.1) is 10.4 Å². The molecule has 1 aliphatic rings. The first kappa shape index (κ1) is 16.8. The van der Waals surface area contributed by atoms with E-state index in [-0.39, 0.29) is 10.5 Å². The molecule has 140 valence electrons. The summed E-state index contributed by atoms with van der Waals surface area (Å²) >= 11 is 0. The lowest BCUT2D eigenvalue weighted by Crippen LogP contribution is -2.78. The van der Waals surface area contributed by atoms with E-state index >= 15 is 0 Å². The molecule has 0 saturated heterocycles. The van der Waals surface area contributed by atoms with E-state index < -0.39 is 36.3 Å². The molecule has 2 heterocycles. The van der Waals surface area contributed by atoms with Gasteiger partial charge in [0.2, 0.25) is 0 Å². The van der Waals surface area contributed by atoms with Gasteiger partial charge in [0.1, 0.15) is 0 Å². The molecule has 0 spiro atoms. The van der Waals surface area contributed by atoms with Crippen molar-refractivity contribution in [3.05, 3.63) is 10.4 Å². The van der Waals surface area contributed by atoms with E-state index in [1.807, 2.05) is 0 Å². The number of nitrogens with one attached hydrogen (secondary N) is 4. The van der Waals surface area contributed by atoms with Gasteiger partial charge in [-0.25, -0.2) is 19.7 Å². The van der Waals surface area contributed by atoms with E-state index in [9.17, 15) is 10.4 Å². The van der Waals surface area contributed by atoms with Crippen LogP contribution in [0.2, 0.25) is 0 Å². The van der Waals surface area contributed by atoms with Gasteiger partial charge >= 0.3 is 0 Å². The van der Waals surface area contributed by atoms with Crippen molar-refractivity contribution < 1.29 is 19.1 Å². The second kappa shape index (κ2) is 6.48. The lowest BCUT2D eigenvalue weighted by Gasteiger charge is -2.55. The van der Waals surface area contributed by atoms with Crippen molar-refractivity contribution in [1.29, 1.82) is 0 Å². The standard InChI is InChI=1S/C6H18N12O6/c7-1-2(8)4(10)6(16(20)22-12-18-14-24-18)5(3(1)9)15(19)21-11-17-13-23-17/h1-6,11-14H,7-10H2/q-2. The number of hydrogen-bond donors (Lipinski definition) is 8. The SMILES string of the molecule is NC1C(N)C(N)C(N([O-])ONn2[nH]o2)C(N([O-])ONn2[nH]o2)C1N. The zero-order valence-electron chi connectivity index (χ0n) is 12.0. The molecule has 18 heteroatoms. The summed E-state index contributed by atoms with van der Waals surface area (Å²) in [5.41, 5.74) is 27.7. The summed E-state index contributed by atoms with van der Waals surface area (Å²) in [4.78, 5) is 11.1. The molecular formula is C6H18N12O6-2. The molecular weight excluding hydrogens is 336 g/mol. The number of H-pyrrole nitrogens is 2. The third kappa shape index (κ3) is 3.41. The predicted molar refractivity (Wildman–Crippen MR) is 72.9 cm³/mol. The minimum Gasteiger partial charge on any atom is -0.760 e. The van der Waals surface area contributed by atoms with Crippen molar-refractivity contribution in [2.75, 3.05) is 11.2 Å². The lowest BCUT2D eigenvalue weighted by atomic mass is 9.77. The van der Waals surface area contributed by atoms with Crippen molar-refractivity contribution in [2.24, 2.45) is 22.9 Å². The van der Waals surface area contributed by atoms with Gasteiger partial charge in [0.15, 0.2) is 0 Å². The van der Waals surface area contributed by atoms with Crippen molar-refractivity contribution in [3.63, 3.8) is 0 Å². The van der Waals surface area contributed by atoms with Gasteiger partial charge in [-0.2, -0.15) is 9.88 Å². The average molecular weight is 354 g/mol. The highest BCUT2D eigenvalue weighted by atomic mass is 17.0. The summed E-state index contributed by atoms with van der Waals surface area (Å²) in [5.74, 6) is 0. The number of hydroxylamine groups is 4. The topological polar surface area (TPSA) is 267 Å². The Morgan fingerprint density at radius 1 is 0.792 bits per heavy atom. The smallest absolute Gasteiger partial charge is 0.0595 e. The van der Waals surface area contributed by atoms with Gasteiger partial charge in [-0.3, -0.25) is 0 Å². The molecule has 6 unspecified atom stereocenters. The summed E-state index contributed by atoms with van der Waals surface area (Å²) in [7, 11) is 0. The Morgan fingerprint density at radius 2 is 1.12 bits per heavy atom. The van der Waals surface area contributed by atoms with E-state index in [1.54, 1.807) is 0 Å². The van der Waals surface area contributed by atoms with E-state index in [1.165, 1.54) is 0 Å². The third-order valence-electron chi connectivity index (χ3n) is 3.75. The van der Waals surface area contributed by atoms with Gasteiger partial charge in [-0.05, 0) is 0 Å². The maximum Gasteiger partial charge on any atom is 0.0595 e. The normalized spacial score (nSPS) is 34.5. The van der Waals surface area contributed by atoms with Crippen LogP contribution >= 0.6 is 0 Å².